The van der Waals surface area contributed by atoms with Crippen LogP contribution in [-0.4, -0.2) is 10.5 Å². The molecule has 8 heavy (non-hydrogen) atoms. The Kier molecular flexibility index (Phi) is 2.57. The summed E-state index contributed by atoms with van der Waals surface area (Å²) in [5, 5.41) is 1.33. The maximum atomic E-state index is 4.37. The van der Waals surface area contributed by atoms with Crippen molar-refractivity contribution in [1.29, 1.82) is 0 Å². The third kappa shape index (κ3) is 1.90. The van der Waals surface area contributed by atoms with Gasteiger partial charge in [-0.3, -0.25) is 0 Å². The maximum absolute atomic E-state index is 4.37. The first-order valence-electron chi connectivity index (χ1n) is 3.15. The van der Waals surface area contributed by atoms with Crippen molar-refractivity contribution in [3.05, 3.63) is 0 Å². The van der Waals surface area contributed by atoms with Gasteiger partial charge in [0.1, 0.15) is 0 Å². The molecule has 0 N–H and O–H groups in total. The van der Waals surface area contributed by atoms with E-state index in [0.717, 1.165) is 0 Å². The molecule has 0 atom stereocenters. The highest BCUT2D eigenvalue weighted by atomic mass is 32.1. The first-order valence-corrected chi connectivity index (χ1v) is 4.18. The fourth-order valence-electron chi connectivity index (χ4n) is 1.06. The minimum Gasteiger partial charge on any atom is -0.176 e. The van der Waals surface area contributed by atoms with E-state index in [1.165, 1.54) is 25.7 Å². The van der Waals surface area contributed by atoms with Gasteiger partial charge in [-0.15, -0.1) is 0 Å². The van der Waals surface area contributed by atoms with E-state index in [2.05, 4.69) is 25.3 Å². The Morgan fingerprint density at radius 1 is 0.750 bits per heavy atom. The fraction of sp³-hybridized carbons (Fsp3) is 1.00. The summed E-state index contributed by atoms with van der Waals surface area (Å²) in [4.78, 5) is 0. The summed E-state index contributed by atoms with van der Waals surface area (Å²) in [5.74, 6) is 0. The van der Waals surface area contributed by atoms with Crippen molar-refractivity contribution < 1.29 is 0 Å². The maximum Gasteiger partial charge on any atom is 0.00176 e. The molecule has 0 spiro atoms. The summed E-state index contributed by atoms with van der Waals surface area (Å²) in [7, 11) is 0. The van der Waals surface area contributed by atoms with E-state index in [4.69, 9.17) is 0 Å². The van der Waals surface area contributed by atoms with Crippen LogP contribution in [0.3, 0.4) is 0 Å². The summed E-state index contributed by atoms with van der Waals surface area (Å²) < 4.78 is 0. The zero-order valence-electron chi connectivity index (χ0n) is 4.88. The molecule has 0 aliphatic heterocycles. The second-order valence-electron chi connectivity index (χ2n) is 2.46. The second kappa shape index (κ2) is 3.02. The first kappa shape index (κ1) is 6.81. The minimum atomic E-state index is 0.665. The van der Waals surface area contributed by atoms with Gasteiger partial charge in [0, 0.05) is 10.5 Å². The molecule has 0 bridgehead atoms. The molecule has 0 aromatic carbocycles. The molecule has 0 heterocycles. The van der Waals surface area contributed by atoms with E-state index >= 15 is 0 Å². The monoisotopic (exact) mass is 148 g/mol. The highest BCUT2D eigenvalue weighted by molar-refractivity contribution is 7.81. The van der Waals surface area contributed by atoms with E-state index in [-0.39, 0.29) is 0 Å². The van der Waals surface area contributed by atoms with Gasteiger partial charge in [0.2, 0.25) is 0 Å². The van der Waals surface area contributed by atoms with Crippen molar-refractivity contribution in [2.45, 2.75) is 36.2 Å². The zero-order valence-corrected chi connectivity index (χ0v) is 6.67. The van der Waals surface area contributed by atoms with Crippen molar-refractivity contribution in [1.82, 2.24) is 0 Å². The van der Waals surface area contributed by atoms with E-state index in [9.17, 15) is 0 Å². The third-order valence-electron chi connectivity index (χ3n) is 1.67. The van der Waals surface area contributed by atoms with Gasteiger partial charge in [0.15, 0.2) is 0 Å². The summed E-state index contributed by atoms with van der Waals surface area (Å²) in [5.41, 5.74) is 0. The molecule has 0 unspecified atom stereocenters. The average Bonchev–Trinajstić information content (AvgIpc) is 1.77. The van der Waals surface area contributed by atoms with Crippen LogP contribution in [0, 0.1) is 0 Å². The number of thiol groups is 2. The molecule has 0 saturated heterocycles. The Balaban J connectivity index is 2.19. The van der Waals surface area contributed by atoms with E-state index < -0.39 is 0 Å². The number of rotatable bonds is 0. The minimum absolute atomic E-state index is 0.665. The van der Waals surface area contributed by atoms with Crippen LogP contribution >= 0.6 is 25.3 Å². The predicted molar refractivity (Wildman–Crippen MR) is 44.0 cm³/mol. The van der Waals surface area contributed by atoms with Crippen LogP contribution in [0.2, 0.25) is 0 Å². The molecule has 1 rings (SSSR count). The molecular formula is C6H12S2. The molecular weight excluding hydrogens is 136 g/mol. The van der Waals surface area contributed by atoms with Gasteiger partial charge in [0.25, 0.3) is 0 Å². The summed E-state index contributed by atoms with van der Waals surface area (Å²) in [6.45, 7) is 0. The summed E-state index contributed by atoms with van der Waals surface area (Å²) >= 11 is 8.74. The normalized spacial score (nSPS) is 39.8. The van der Waals surface area contributed by atoms with Crippen molar-refractivity contribution in [3.63, 3.8) is 0 Å². The molecule has 0 aromatic rings. The fourth-order valence-corrected chi connectivity index (χ4v) is 1.65. The van der Waals surface area contributed by atoms with E-state index in [1.807, 2.05) is 0 Å². The SMILES string of the molecule is S[C@H]1CC[C@@H](S)CC1. The van der Waals surface area contributed by atoms with Crippen LogP contribution in [0.15, 0.2) is 0 Å². The molecule has 0 radical (unpaired) electrons. The highest BCUT2D eigenvalue weighted by Gasteiger charge is 2.14. The molecule has 1 saturated carbocycles. The van der Waals surface area contributed by atoms with Crippen molar-refractivity contribution in [2.24, 2.45) is 0 Å². The zero-order chi connectivity index (χ0) is 5.98. The van der Waals surface area contributed by atoms with Gasteiger partial charge in [-0.2, -0.15) is 25.3 Å². The van der Waals surface area contributed by atoms with Crippen LogP contribution in [0.5, 0.6) is 0 Å². The van der Waals surface area contributed by atoms with Gasteiger partial charge in [0.05, 0.1) is 0 Å². The van der Waals surface area contributed by atoms with Gasteiger partial charge in [-0.25, -0.2) is 0 Å². The Hall–Kier alpha value is 0.700. The topological polar surface area (TPSA) is 0 Å². The molecule has 1 fully saturated rings. The molecule has 0 amide bonds. The standard InChI is InChI=1S/C6H12S2/c7-5-1-2-6(8)4-3-5/h5-8H,1-4H2/t5-,6+. The Bertz CT molecular complexity index is 54.9. The number of hydrogen-bond donors (Lipinski definition) is 2. The first-order chi connectivity index (χ1) is 3.79. The molecule has 0 nitrogen and oxygen atoms in total. The Labute approximate surface area is 61.9 Å². The lowest BCUT2D eigenvalue weighted by Crippen LogP contribution is -2.13. The van der Waals surface area contributed by atoms with Crippen molar-refractivity contribution in [2.75, 3.05) is 0 Å². The van der Waals surface area contributed by atoms with Crippen molar-refractivity contribution in [3.8, 4) is 0 Å². The third-order valence-corrected chi connectivity index (χ3v) is 2.70. The van der Waals surface area contributed by atoms with Gasteiger partial charge >= 0.3 is 0 Å². The highest BCUT2D eigenvalue weighted by Crippen LogP contribution is 2.25. The molecule has 1 aliphatic carbocycles. The van der Waals surface area contributed by atoms with Gasteiger partial charge in [-0.05, 0) is 25.7 Å². The largest absolute Gasteiger partial charge is 0.176 e. The quantitative estimate of drug-likeness (QED) is 0.483. The lowest BCUT2D eigenvalue weighted by atomic mass is 10.00. The molecule has 0 aromatic heterocycles. The molecule has 1 aliphatic rings. The Morgan fingerprint density at radius 2 is 1.00 bits per heavy atom. The van der Waals surface area contributed by atoms with Crippen molar-refractivity contribution >= 4 is 25.3 Å². The lowest BCUT2D eigenvalue weighted by Gasteiger charge is -2.21. The van der Waals surface area contributed by atoms with E-state index in [1.54, 1.807) is 0 Å². The van der Waals surface area contributed by atoms with Crippen LogP contribution in [-0.2, 0) is 0 Å². The van der Waals surface area contributed by atoms with Crippen LogP contribution in [0.1, 0.15) is 25.7 Å². The summed E-state index contributed by atoms with van der Waals surface area (Å²) in [6.07, 6.45) is 5.04. The van der Waals surface area contributed by atoms with Crippen LogP contribution in [0.4, 0.5) is 0 Å². The van der Waals surface area contributed by atoms with Gasteiger partial charge in [-0.1, -0.05) is 0 Å². The van der Waals surface area contributed by atoms with Crippen LogP contribution < -0.4 is 0 Å². The lowest BCUT2D eigenvalue weighted by molar-refractivity contribution is 0.532. The molecule has 48 valence electrons. The van der Waals surface area contributed by atoms with Gasteiger partial charge < -0.3 is 0 Å². The summed E-state index contributed by atoms with van der Waals surface area (Å²) in [6, 6.07) is 0. The smallest absolute Gasteiger partial charge is 0.00176 e. The molecule has 2 heteroatoms. The Morgan fingerprint density at radius 3 is 1.25 bits per heavy atom. The van der Waals surface area contributed by atoms with E-state index in [0.29, 0.717) is 10.5 Å². The second-order valence-corrected chi connectivity index (χ2v) is 3.92. The number of hydrogen-bond acceptors (Lipinski definition) is 2. The predicted octanol–water partition coefficient (Wildman–Crippen LogP) is 2.16. The van der Waals surface area contributed by atoms with Crippen LogP contribution in [0.25, 0.3) is 0 Å². The average molecular weight is 148 g/mol.